The number of anilines is 1. The van der Waals surface area contributed by atoms with Crippen molar-refractivity contribution in [1.82, 2.24) is 9.38 Å². The van der Waals surface area contributed by atoms with Crippen LogP contribution in [0.2, 0.25) is 0 Å². The largest absolute Gasteiger partial charge is 0.309 e. The number of aromatic nitrogens is 2. The number of hydrogen-bond donors (Lipinski definition) is 1. The van der Waals surface area contributed by atoms with Gasteiger partial charge in [-0.1, -0.05) is 20.8 Å². The predicted octanol–water partition coefficient (Wildman–Crippen LogP) is 4.96. The molecule has 2 aromatic heterocycles. The molecule has 3 aromatic rings. The lowest BCUT2D eigenvalue weighted by molar-refractivity contribution is -0.117. The lowest BCUT2D eigenvalue weighted by atomic mass is 9.92. The minimum absolute atomic E-state index is 0.179. The molecule has 0 aliphatic heterocycles. The van der Waals surface area contributed by atoms with Gasteiger partial charge in [-0.25, -0.2) is 13.8 Å². The number of halogens is 2. The van der Waals surface area contributed by atoms with Gasteiger partial charge in [0.2, 0.25) is 5.91 Å². The molecule has 1 N–H and O–H groups in total. The van der Waals surface area contributed by atoms with Crippen LogP contribution in [0.1, 0.15) is 32.8 Å². The highest BCUT2D eigenvalue weighted by Crippen LogP contribution is 2.31. The summed E-state index contributed by atoms with van der Waals surface area (Å²) in [5.74, 6) is -0.605. The van der Waals surface area contributed by atoms with Crippen molar-refractivity contribution >= 4 is 17.4 Å². The van der Waals surface area contributed by atoms with E-state index in [9.17, 15) is 13.6 Å². The normalized spacial score (nSPS) is 11.8. The third-order valence-electron chi connectivity index (χ3n) is 3.96. The zero-order valence-electron chi connectivity index (χ0n) is 15.2. The Morgan fingerprint density at radius 2 is 1.92 bits per heavy atom. The van der Waals surface area contributed by atoms with Crippen molar-refractivity contribution in [1.29, 1.82) is 0 Å². The number of nitrogens with one attached hydrogen (secondary N) is 1. The monoisotopic (exact) mass is 357 g/mol. The smallest absolute Gasteiger partial charge is 0.226 e. The summed E-state index contributed by atoms with van der Waals surface area (Å²) >= 11 is 0. The van der Waals surface area contributed by atoms with Crippen LogP contribution < -0.4 is 5.32 Å². The Bertz CT molecular complexity index is 987. The Hall–Kier alpha value is -2.76. The quantitative estimate of drug-likeness (QED) is 0.720. The molecule has 0 saturated heterocycles. The summed E-state index contributed by atoms with van der Waals surface area (Å²) < 4.78 is 29.0. The van der Waals surface area contributed by atoms with Crippen LogP contribution in [0.4, 0.5) is 14.6 Å². The number of nitrogens with zero attached hydrogens (tertiary/aromatic N) is 2. The molecule has 3 rings (SSSR count). The number of rotatable bonds is 3. The Kier molecular flexibility index (Phi) is 4.52. The van der Waals surface area contributed by atoms with Crippen molar-refractivity contribution in [2.24, 2.45) is 5.41 Å². The summed E-state index contributed by atoms with van der Waals surface area (Å²) in [6, 6.07) is 7.45. The molecule has 6 heteroatoms. The Morgan fingerprint density at radius 1 is 1.19 bits per heavy atom. The van der Waals surface area contributed by atoms with E-state index in [2.05, 4.69) is 10.3 Å². The van der Waals surface area contributed by atoms with Gasteiger partial charge in [-0.05, 0) is 48.2 Å². The van der Waals surface area contributed by atoms with E-state index >= 15 is 0 Å². The number of hydrogen-bond acceptors (Lipinski definition) is 2. The first-order valence-corrected chi connectivity index (χ1v) is 8.38. The number of pyridine rings is 1. The molecule has 0 spiro atoms. The number of imidazole rings is 1. The van der Waals surface area contributed by atoms with Crippen LogP contribution in [0.25, 0.3) is 16.9 Å². The summed E-state index contributed by atoms with van der Waals surface area (Å²) in [7, 11) is 0. The van der Waals surface area contributed by atoms with E-state index in [-0.39, 0.29) is 17.1 Å². The highest BCUT2D eigenvalue weighted by Gasteiger charge is 2.21. The van der Waals surface area contributed by atoms with Gasteiger partial charge in [0.1, 0.15) is 17.3 Å². The number of carbonyl (C=O) groups excluding carboxylic acids is 1. The van der Waals surface area contributed by atoms with Crippen LogP contribution in [-0.4, -0.2) is 15.3 Å². The third-order valence-corrected chi connectivity index (χ3v) is 3.96. The van der Waals surface area contributed by atoms with Crippen LogP contribution in [0, 0.1) is 24.0 Å². The summed E-state index contributed by atoms with van der Waals surface area (Å²) in [5, 5.41) is 2.82. The van der Waals surface area contributed by atoms with Gasteiger partial charge in [-0.3, -0.25) is 9.20 Å². The minimum atomic E-state index is -0.428. The van der Waals surface area contributed by atoms with Crippen molar-refractivity contribution in [2.45, 2.75) is 34.1 Å². The number of fused-ring (bicyclic) bond motifs is 1. The molecule has 1 amide bonds. The number of carbonyl (C=O) groups is 1. The van der Waals surface area contributed by atoms with Gasteiger partial charge in [0.05, 0.1) is 5.69 Å². The van der Waals surface area contributed by atoms with E-state index in [0.717, 1.165) is 0 Å². The third kappa shape index (κ3) is 3.74. The average Bonchev–Trinajstić information content (AvgIpc) is 2.85. The molecular formula is C20H21F2N3O. The number of benzene rings is 1. The van der Waals surface area contributed by atoms with E-state index in [4.69, 9.17) is 0 Å². The Labute approximate surface area is 150 Å². The van der Waals surface area contributed by atoms with E-state index in [1.54, 1.807) is 23.5 Å². The van der Waals surface area contributed by atoms with Crippen LogP contribution in [0.15, 0.2) is 36.5 Å². The van der Waals surface area contributed by atoms with Crippen molar-refractivity contribution < 1.29 is 13.6 Å². The molecule has 4 nitrogen and oxygen atoms in total. The number of amides is 1. The van der Waals surface area contributed by atoms with Crippen LogP contribution in [0.3, 0.4) is 0 Å². The van der Waals surface area contributed by atoms with Gasteiger partial charge in [0.15, 0.2) is 5.82 Å². The number of aryl methyl sites for hydroxylation is 1. The van der Waals surface area contributed by atoms with Gasteiger partial charge < -0.3 is 5.32 Å². The standard InChI is InChI=1S/C20H21F2N3O/c1-12-9-13(5-7-15(12)22)18-19(24-17(26)10-20(2,3)4)23-16-8-6-14(21)11-25(16)18/h5-9,11H,10H2,1-4H3,(H,24,26). The maximum atomic E-state index is 13.8. The Balaban J connectivity index is 2.13. The van der Waals surface area contributed by atoms with E-state index in [0.29, 0.717) is 34.7 Å². The van der Waals surface area contributed by atoms with Crippen LogP contribution in [0.5, 0.6) is 0 Å². The lowest BCUT2D eigenvalue weighted by Crippen LogP contribution is -2.20. The zero-order chi connectivity index (χ0) is 19.1. The van der Waals surface area contributed by atoms with E-state index in [1.165, 1.54) is 24.4 Å². The highest BCUT2D eigenvalue weighted by molar-refractivity contribution is 5.94. The topological polar surface area (TPSA) is 46.4 Å². The molecule has 0 aliphatic carbocycles. The molecule has 0 saturated carbocycles. The first-order valence-electron chi connectivity index (χ1n) is 8.38. The van der Waals surface area contributed by atoms with Gasteiger partial charge in [0.25, 0.3) is 0 Å². The fourth-order valence-electron chi connectivity index (χ4n) is 2.83. The SMILES string of the molecule is Cc1cc(-c2c(NC(=O)CC(C)(C)C)nc3ccc(F)cn23)ccc1F. The second-order valence-electron chi connectivity index (χ2n) is 7.63. The predicted molar refractivity (Wildman–Crippen MR) is 98.0 cm³/mol. The molecular weight excluding hydrogens is 336 g/mol. The molecule has 0 atom stereocenters. The van der Waals surface area contributed by atoms with E-state index < -0.39 is 5.82 Å². The molecule has 26 heavy (non-hydrogen) atoms. The van der Waals surface area contributed by atoms with Gasteiger partial charge >= 0.3 is 0 Å². The molecule has 2 heterocycles. The molecule has 136 valence electrons. The first-order chi connectivity index (χ1) is 12.1. The molecule has 0 radical (unpaired) electrons. The summed E-state index contributed by atoms with van der Waals surface area (Å²) in [6.45, 7) is 7.56. The van der Waals surface area contributed by atoms with Crippen molar-refractivity contribution in [3.8, 4) is 11.3 Å². The van der Waals surface area contributed by atoms with Gasteiger partial charge in [-0.2, -0.15) is 0 Å². The van der Waals surface area contributed by atoms with Crippen molar-refractivity contribution in [2.75, 3.05) is 5.32 Å². The summed E-state index contributed by atoms with van der Waals surface area (Å²) in [4.78, 5) is 16.8. The fraction of sp³-hybridized carbons (Fsp3) is 0.300. The fourth-order valence-corrected chi connectivity index (χ4v) is 2.83. The molecule has 0 fully saturated rings. The molecule has 0 aliphatic rings. The molecule has 0 unspecified atom stereocenters. The zero-order valence-corrected chi connectivity index (χ0v) is 15.2. The second kappa shape index (κ2) is 6.52. The Morgan fingerprint density at radius 3 is 2.58 bits per heavy atom. The van der Waals surface area contributed by atoms with Crippen LogP contribution in [-0.2, 0) is 4.79 Å². The van der Waals surface area contributed by atoms with Gasteiger partial charge in [-0.15, -0.1) is 0 Å². The lowest BCUT2D eigenvalue weighted by Gasteiger charge is -2.17. The van der Waals surface area contributed by atoms with Gasteiger partial charge in [0, 0.05) is 18.2 Å². The molecule has 1 aromatic carbocycles. The molecule has 0 bridgehead atoms. The second-order valence-corrected chi connectivity index (χ2v) is 7.63. The maximum Gasteiger partial charge on any atom is 0.226 e. The first kappa shape index (κ1) is 18.0. The minimum Gasteiger partial charge on any atom is -0.309 e. The summed E-state index contributed by atoms with van der Waals surface area (Å²) in [6.07, 6.45) is 1.62. The van der Waals surface area contributed by atoms with Crippen molar-refractivity contribution in [3.05, 3.63) is 53.7 Å². The van der Waals surface area contributed by atoms with Crippen LogP contribution >= 0.6 is 0 Å². The highest BCUT2D eigenvalue weighted by atomic mass is 19.1. The summed E-state index contributed by atoms with van der Waals surface area (Å²) in [5.41, 5.74) is 1.94. The maximum absolute atomic E-state index is 13.8. The van der Waals surface area contributed by atoms with Crippen molar-refractivity contribution in [3.63, 3.8) is 0 Å². The van der Waals surface area contributed by atoms with E-state index in [1.807, 2.05) is 20.8 Å². The average molecular weight is 357 g/mol.